The summed E-state index contributed by atoms with van der Waals surface area (Å²) >= 11 is 0. The minimum absolute atomic E-state index is 0.0890. The fourth-order valence-corrected chi connectivity index (χ4v) is 2.22. The summed E-state index contributed by atoms with van der Waals surface area (Å²) in [6, 6.07) is 0. The minimum Gasteiger partial charge on any atom is -0.481 e. The van der Waals surface area contributed by atoms with Crippen LogP contribution in [-0.4, -0.2) is 33.5 Å². The molecule has 0 rings (SSSR count). The maximum absolute atomic E-state index is 10.4. The molecule has 0 amide bonds. The Bertz CT molecular complexity index is 385. The van der Waals surface area contributed by atoms with Crippen molar-refractivity contribution in [2.75, 3.05) is 0 Å². The second-order valence-corrected chi connectivity index (χ2v) is 6.10. The summed E-state index contributed by atoms with van der Waals surface area (Å²) in [5.74, 6) is -0.833. The van der Waals surface area contributed by atoms with E-state index in [9.17, 15) is 15.0 Å². The van der Waals surface area contributed by atoms with E-state index in [2.05, 4.69) is 19.1 Å². The SMILES string of the molecule is CCCCCC=CCC(O)CCC=CC=C[C@@H](O)CCCC(=O)O. The van der Waals surface area contributed by atoms with E-state index in [1.54, 1.807) is 12.2 Å². The highest BCUT2D eigenvalue weighted by atomic mass is 16.4. The van der Waals surface area contributed by atoms with Crippen molar-refractivity contribution in [1.82, 2.24) is 0 Å². The molecular weight excluding hydrogens is 304 g/mol. The summed E-state index contributed by atoms with van der Waals surface area (Å²) in [6.07, 6.45) is 18.6. The maximum Gasteiger partial charge on any atom is 0.303 e. The molecule has 138 valence electrons. The number of carbonyl (C=O) groups is 1. The van der Waals surface area contributed by atoms with E-state index >= 15 is 0 Å². The zero-order valence-electron chi connectivity index (χ0n) is 14.9. The van der Waals surface area contributed by atoms with Crippen LogP contribution in [0.2, 0.25) is 0 Å². The lowest BCUT2D eigenvalue weighted by Gasteiger charge is -2.05. The third-order valence-electron chi connectivity index (χ3n) is 3.69. The van der Waals surface area contributed by atoms with Crippen LogP contribution in [0.5, 0.6) is 0 Å². The molecule has 2 atom stereocenters. The molecule has 0 heterocycles. The number of carboxylic acids is 1. The molecule has 3 N–H and O–H groups in total. The average Bonchev–Trinajstić information content (AvgIpc) is 2.53. The first kappa shape index (κ1) is 22.6. The number of hydrogen-bond donors (Lipinski definition) is 3. The molecule has 0 radical (unpaired) electrons. The maximum atomic E-state index is 10.4. The Kier molecular flexibility index (Phi) is 15.5. The number of unbranched alkanes of at least 4 members (excludes halogenated alkanes) is 3. The van der Waals surface area contributed by atoms with E-state index in [1.807, 2.05) is 12.2 Å². The molecule has 4 heteroatoms. The van der Waals surface area contributed by atoms with E-state index in [1.165, 1.54) is 19.3 Å². The van der Waals surface area contributed by atoms with Crippen molar-refractivity contribution < 1.29 is 20.1 Å². The molecule has 0 aliphatic rings. The number of aliphatic hydroxyl groups is 2. The largest absolute Gasteiger partial charge is 0.481 e. The van der Waals surface area contributed by atoms with E-state index in [0.29, 0.717) is 19.3 Å². The average molecular weight is 338 g/mol. The molecule has 1 unspecified atom stereocenters. The lowest BCUT2D eigenvalue weighted by molar-refractivity contribution is -0.137. The number of hydrogen-bond acceptors (Lipinski definition) is 3. The quantitative estimate of drug-likeness (QED) is 0.235. The van der Waals surface area contributed by atoms with Crippen LogP contribution in [0.3, 0.4) is 0 Å². The molecule has 0 aliphatic heterocycles. The third-order valence-corrected chi connectivity index (χ3v) is 3.69. The van der Waals surface area contributed by atoms with Gasteiger partial charge in [-0.3, -0.25) is 4.79 Å². The van der Waals surface area contributed by atoms with Crippen LogP contribution in [0.1, 0.15) is 71.1 Å². The molecule has 0 aliphatic carbocycles. The molecule has 0 saturated heterocycles. The molecule has 0 fully saturated rings. The van der Waals surface area contributed by atoms with Crippen molar-refractivity contribution in [1.29, 1.82) is 0 Å². The number of carboxylic acid groups (broad SMARTS) is 1. The van der Waals surface area contributed by atoms with Gasteiger partial charge < -0.3 is 15.3 Å². The summed E-state index contributed by atoms with van der Waals surface area (Å²) in [4.78, 5) is 10.4. The summed E-state index contributed by atoms with van der Waals surface area (Å²) in [5.41, 5.74) is 0. The predicted octanol–water partition coefficient (Wildman–Crippen LogP) is 4.38. The molecule has 0 bridgehead atoms. The van der Waals surface area contributed by atoms with Crippen LogP contribution in [0.25, 0.3) is 0 Å². The minimum atomic E-state index is -0.833. The standard InChI is InChI=1S/C20H34O4/c1-2-3-4-5-6-9-13-18(21)14-10-7-8-11-15-19(22)16-12-17-20(23)24/h6-9,11,15,18-19,21-22H,2-5,10,12-14,16-17H2,1H3,(H,23,24)/t18?,19-/m1/s1. The van der Waals surface area contributed by atoms with Crippen LogP contribution >= 0.6 is 0 Å². The predicted molar refractivity (Wildman–Crippen MR) is 98.9 cm³/mol. The van der Waals surface area contributed by atoms with E-state index in [-0.39, 0.29) is 12.5 Å². The Hall–Kier alpha value is -1.39. The van der Waals surface area contributed by atoms with Crippen molar-refractivity contribution in [3.63, 3.8) is 0 Å². The highest BCUT2D eigenvalue weighted by Gasteiger charge is 2.01. The summed E-state index contributed by atoms with van der Waals surface area (Å²) in [6.45, 7) is 2.19. The van der Waals surface area contributed by atoms with Crippen molar-refractivity contribution in [3.8, 4) is 0 Å². The summed E-state index contributed by atoms with van der Waals surface area (Å²) in [7, 11) is 0. The van der Waals surface area contributed by atoms with Gasteiger partial charge in [0.25, 0.3) is 0 Å². The number of allylic oxidation sites excluding steroid dienone is 4. The van der Waals surface area contributed by atoms with Crippen molar-refractivity contribution in [2.24, 2.45) is 0 Å². The fourth-order valence-electron chi connectivity index (χ4n) is 2.22. The Morgan fingerprint density at radius 1 is 0.958 bits per heavy atom. The third kappa shape index (κ3) is 17.0. The van der Waals surface area contributed by atoms with Crippen LogP contribution in [0.4, 0.5) is 0 Å². The van der Waals surface area contributed by atoms with Gasteiger partial charge in [-0.05, 0) is 44.9 Å². The Morgan fingerprint density at radius 3 is 2.46 bits per heavy atom. The first-order valence-corrected chi connectivity index (χ1v) is 9.12. The monoisotopic (exact) mass is 338 g/mol. The van der Waals surface area contributed by atoms with E-state index in [0.717, 1.165) is 19.3 Å². The molecule has 0 aromatic rings. The van der Waals surface area contributed by atoms with Gasteiger partial charge >= 0.3 is 5.97 Å². The highest BCUT2D eigenvalue weighted by molar-refractivity contribution is 5.66. The van der Waals surface area contributed by atoms with Gasteiger partial charge in [-0.2, -0.15) is 0 Å². The molecule has 24 heavy (non-hydrogen) atoms. The van der Waals surface area contributed by atoms with Gasteiger partial charge in [-0.1, -0.05) is 56.2 Å². The lowest BCUT2D eigenvalue weighted by Crippen LogP contribution is -2.04. The van der Waals surface area contributed by atoms with Crippen LogP contribution in [-0.2, 0) is 4.79 Å². The van der Waals surface area contributed by atoms with Crippen LogP contribution in [0.15, 0.2) is 36.5 Å². The molecule has 0 saturated carbocycles. The summed E-state index contributed by atoms with van der Waals surface area (Å²) in [5, 5.41) is 28.0. The first-order valence-electron chi connectivity index (χ1n) is 9.12. The smallest absolute Gasteiger partial charge is 0.303 e. The number of aliphatic hydroxyl groups excluding tert-OH is 2. The van der Waals surface area contributed by atoms with Gasteiger partial charge in [0, 0.05) is 6.42 Å². The Balaban J connectivity index is 3.65. The molecule has 0 aromatic heterocycles. The van der Waals surface area contributed by atoms with Gasteiger partial charge in [0.05, 0.1) is 12.2 Å². The van der Waals surface area contributed by atoms with Gasteiger partial charge in [0.2, 0.25) is 0 Å². The molecular formula is C20H34O4. The van der Waals surface area contributed by atoms with Crippen molar-refractivity contribution in [2.45, 2.75) is 83.3 Å². The second kappa shape index (κ2) is 16.5. The lowest BCUT2D eigenvalue weighted by atomic mass is 10.1. The van der Waals surface area contributed by atoms with Crippen molar-refractivity contribution >= 4 is 5.97 Å². The number of rotatable bonds is 15. The van der Waals surface area contributed by atoms with Gasteiger partial charge in [-0.25, -0.2) is 0 Å². The normalized spacial score (nSPS) is 14.8. The van der Waals surface area contributed by atoms with Crippen LogP contribution in [0, 0.1) is 0 Å². The fraction of sp³-hybridized carbons (Fsp3) is 0.650. The van der Waals surface area contributed by atoms with E-state index < -0.39 is 12.1 Å². The van der Waals surface area contributed by atoms with Gasteiger partial charge in [0.15, 0.2) is 0 Å². The van der Waals surface area contributed by atoms with E-state index in [4.69, 9.17) is 5.11 Å². The topological polar surface area (TPSA) is 77.8 Å². The zero-order chi connectivity index (χ0) is 18.0. The molecule has 0 spiro atoms. The molecule has 4 nitrogen and oxygen atoms in total. The van der Waals surface area contributed by atoms with Crippen molar-refractivity contribution in [3.05, 3.63) is 36.5 Å². The Morgan fingerprint density at radius 2 is 1.75 bits per heavy atom. The number of aliphatic carboxylic acids is 1. The highest BCUT2D eigenvalue weighted by Crippen LogP contribution is 2.06. The van der Waals surface area contributed by atoms with Crippen LogP contribution < -0.4 is 0 Å². The zero-order valence-corrected chi connectivity index (χ0v) is 14.9. The first-order chi connectivity index (χ1) is 11.6. The van der Waals surface area contributed by atoms with Gasteiger partial charge in [0.1, 0.15) is 0 Å². The molecule has 0 aromatic carbocycles. The Labute approximate surface area is 146 Å². The summed E-state index contributed by atoms with van der Waals surface area (Å²) < 4.78 is 0. The van der Waals surface area contributed by atoms with Gasteiger partial charge in [-0.15, -0.1) is 0 Å². The second-order valence-electron chi connectivity index (χ2n) is 6.10.